The number of imidazole rings is 1. The van der Waals surface area contributed by atoms with Gasteiger partial charge in [0.2, 0.25) is 0 Å². The zero-order chi connectivity index (χ0) is 24.1. The SMILES string of the molecule is C[C@H](O)c1nccn1C(C#Cc1ccc(-c2ccc(C3CC(NCC(F)F)C3)cc2)cc1)CO. The Balaban J connectivity index is 1.37. The van der Waals surface area contributed by atoms with E-state index in [1.165, 1.54) is 5.56 Å². The lowest BCUT2D eigenvalue weighted by molar-refractivity contribution is 0.131. The largest absolute Gasteiger partial charge is 0.393 e. The fourth-order valence-corrected chi connectivity index (χ4v) is 4.29. The van der Waals surface area contributed by atoms with Crippen molar-refractivity contribution < 1.29 is 19.0 Å². The Hall–Kier alpha value is -3.05. The van der Waals surface area contributed by atoms with E-state index in [-0.39, 0.29) is 19.2 Å². The van der Waals surface area contributed by atoms with E-state index in [0.717, 1.165) is 29.5 Å². The first-order valence-electron chi connectivity index (χ1n) is 11.5. The molecule has 4 rings (SSSR count). The molecule has 0 amide bonds. The van der Waals surface area contributed by atoms with Gasteiger partial charge in [0.25, 0.3) is 6.43 Å². The maximum atomic E-state index is 12.3. The number of aliphatic hydroxyl groups excluding tert-OH is 2. The number of nitrogens with one attached hydrogen (secondary N) is 1. The van der Waals surface area contributed by atoms with Crippen LogP contribution in [-0.4, -0.2) is 45.4 Å². The molecule has 1 aliphatic carbocycles. The van der Waals surface area contributed by atoms with Crippen LogP contribution < -0.4 is 5.32 Å². The highest BCUT2D eigenvalue weighted by Gasteiger charge is 2.30. The minimum atomic E-state index is -2.30. The third-order valence-corrected chi connectivity index (χ3v) is 6.26. The number of aliphatic hydroxyl groups is 2. The van der Waals surface area contributed by atoms with E-state index >= 15 is 0 Å². The zero-order valence-corrected chi connectivity index (χ0v) is 19.0. The van der Waals surface area contributed by atoms with Crippen molar-refractivity contribution in [3.8, 4) is 23.0 Å². The maximum Gasteiger partial charge on any atom is 0.250 e. The van der Waals surface area contributed by atoms with Crippen LogP contribution in [0.2, 0.25) is 0 Å². The highest BCUT2D eigenvalue weighted by Crippen LogP contribution is 2.37. The molecule has 34 heavy (non-hydrogen) atoms. The number of hydrogen-bond acceptors (Lipinski definition) is 4. The first kappa shape index (κ1) is 24.1. The third-order valence-electron chi connectivity index (χ3n) is 6.26. The monoisotopic (exact) mass is 465 g/mol. The number of benzene rings is 2. The van der Waals surface area contributed by atoms with Gasteiger partial charge in [-0.15, -0.1) is 0 Å². The molecule has 0 saturated heterocycles. The van der Waals surface area contributed by atoms with Gasteiger partial charge >= 0.3 is 0 Å². The Morgan fingerprint density at radius 3 is 2.32 bits per heavy atom. The number of halogens is 2. The van der Waals surface area contributed by atoms with Gasteiger partial charge in [0, 0.05) is 24.0 Å². The molecule has 1 unspecified atom stereocenters. The van der Waals surface area contributed by atoms with Crippen LogP contribution in [0.5, 0.6) is 0 Å². The van der Waals surface area contributed by atoms with Gasteiger partial charge in [0.05, 0.1) is 13.2 Å². The fraction of sp³-hybridized carbons (Fsp3) is 0.370. The van der Waals surface area contributed by atoms with E-state index in [9.17, 15) is 19.0 Å². The molecule has 0 spiro atoms. The van der Waals surface area contributed by atoms with Crippen LogP contribution in [0, 0.1) is 11.8 Å². The molecular weight excluding hydrogens is 436 g/mol. The summed E-state index contributed by atoms with van der Waals surface area (Å²) in [5.41, 5.74) is 4.25. The van der Waals surface area contributed by atoms with Crippen molar-refractivity contribution in [2.45, 2.75) is 50.3 Å². The van der Waals surface area contributed by atoms with Crippen LogP contribution in [0.4, 0.5) is 8.78 Å². The van der Waals surface area contributed by atoms with Crippen LogP contribution in [0.1, 0.15) is 54.8 Å². The lowest BCUT2D eigenvalue weighted by Gasteiger charge is -2.36. The van der Waals surface area contributed by atoms with E-state index in [2.05, 4.69) is 46.4 Å². The van der Waals surface area contributed by atoms with Crippen LogP contribution in [0.3, 0.4) is 0 Å². The molecule has 7 heteroatoms. The van der Waals surface area contributed by atoms with E-state index < -0.39 is 18.6 Å². The summed E-state index contributed by atoms with van der Waals surface area (Å²) in [5, 5.41) is 22.5. The van der Waals surface area contributed by atoms with Crippen molar-refractivity contribution in [2.24, 2.45) is 0 Å². The Morgan fingerprint density at radius 1 is 1.09 bits per heavy atom. The van der Waals surface area contributed by atoms with Gasteiger partial charge in [-0.05, 0) is 54.5 Å². The van der Waals surface area contributed by atoms with Crippen LogP contribution in [0.25, 0.3) is 11.1 Å². The number of alkyl halides is 2. The van der Waals surface area contributed by atoms with Gasteiger partial charge in [0.1, 0.15) is 18.0 Å². The number of nitrogens with zero attached hydrogens (tertiary/aromatic N) is 2. The topological polar surface area (TPSA) is 70.3 Å². The molecule has 1 aromatic heterocycles. The molecule has 2 atom stereocenters. The molecule has 1 saturated carbocycles. The molecule has 1 fully saturated rings. The fourth-order valence-electron chi connectivity index (χ4n) is 4.29. The van der Waals surface area contributed by atoms with E-state index in [0.29, 0.717) is 11.7 Å². The Morgan fingerprint density at radius 2 is 1.74 bits per heavy atom. The summed E-state index contributed by atoms with van der Waals surface area (Å²) in [4.78, 5) is 4.13. The molecule has 3 aromatic rings. The summed E-state index contributed by atoms with van der Waals surface area (Å²) in [6.07, 6.45) is 2.03. The Kier molecular flexibility index (Phi) is 7.73. The van der Waals surface area contributed by atoms with Crippen LogP contribution in [-0.2, 0) is 0 Å². The quantitative estimate of drug-likeness (QED) is 0.434. The summed E-state index contributed by atoms with van der Waals surface area (Å²) < 4.78 is 26.3. The second kappa shape index (κ2) is 10.9. The number of rotatable bonds is 8. The molecule has 2 aromatic carbocycles. The highest BCUT2D eigenvalue weighted by atomic mass is 19.3. The van der Waals surface area contributed by atoms with E-state index in [1.54, 1.807) is 23.9 Å². The van der Waals surface area contributed by atoms with Gasteiger partial charge in [0.15, 0.2) is 0 Å². The maximum absolute atomic E-state index is 12.3. The minimum absolute atomic E-state index is 0.183. The third kappa shape index (κ3) is 5.71. The van der Waals surface area contributed by atoms with Crippen molar-refractivity contribution in [3.63, 3.8) is 0 Å². The summed E-state index contributed by atoms with van der Waals surface area (Å²) in [6, 6.07) is 16.0. The minimum Gasteiger partial charge on any atom is -0.393 e. The van der Waals surface area contributed by atoms with Crippen molar-refractivity contribution >= 4 is 0 Å². The predicted octanol–water partition coefficient (Wildman–Crippen LogP) is 4.29. The molecule has 5 nitrogen and oxygen atoms in total. The van der Waals surface area contributed by atoms with Crippen LogP contribution >= 0.6 is 0 Å². The van der Waals surface area contributed by atoms with Gasteiger partial charge in [-0.25, -0.2) is 13.8 Å². The second-order valence-electron chi connectivity index (χ2n) is 8.70. The number of aromatic nitrogens is 2. The average molecular weight is 466 g/mol. The highest BCUT2D eigenvalue weighted by molar-refractivity contribution is 5.64. The Labute approximate surface area is 198 Å². The molecule has 1 heterocycles. The van der Waals surface area contributed by atoms with Crippen LogP contribution in [0.15, 0.2) is 60.9 Å². The zero-order valence-electron chi connectivity index (χ0n) is 19.0. The molecule has 0 bridgehead atoms. The predicted molar refractivity (Wildman–Crippen MR) is 128 cm³/mol. The Bertz CT molecular complexity index is 1130. The summed E-state index contributed by atoms with van der Waals surface area (Å²) in [5.74, 6) is 7.04. The molecule has 178 valence electrons. The van der Waals surface area contributed by atoms with Crippen molar-refractivity contribution in [2.75, 3.05) is 13.2 Å². The molecule has 0 radical (unpaired) electrons. The molecule has 1 aliphatic rings. The summed E-state index contributed by atoms with van der Waals surface area (Å²) >= 11 is 0. The normalized spacial score (nSPS) is 19.2. The van der Waals surface area contributed by atoms with Crippen molar-refractivity contribution in [1.29, 1.82) is 0 Å². The first-order valence-corrected chi connectivity index (χ1v) is 11.5. The van der Waals surface area contributed by atoms with E-state index in [4.69, 9.17) is 0 Å². The van der Waals surface area contributed by atoms with Gasteiger partial charge in [-0.3, -0.25) is 0 Å². The molecule has 0 aliphatic heterocycles. The van der Waals surface area contributed by atoms with Gasteiger partial charge in [-0.2, -0.15) is 0 Å². The summed E-state index contributed by atoms with van der Waals surface area (Å²) in [7, 11) is 0. The second-order valence-corrected chi connectivity index (χ2v) is 8.70. The lowest BCUT2D eigenvalue weighted by Crippen LogP contribution is -2.42. The molecule has 3 N–H and O–H groups in total. The first-order chi connectivity index (χ1) is 16.4. The van der Waals surface area contributed by atoms with Gasteiger partial charge < -0.3 is 20.1 Å². The number of hydrogen-bond donors (Lipinski definition) is 3. The summed E-state index contributed by atoms with van der Waals surface area (Å²) in [6.45, 7) is 1.21. The standard InChI is InChI=1S/C27H29F2N3O2/c1-18(34)27-30-12-13-32(27)25(17-33)11-4-19-2-5-20(6-3-19)21-7-9-22(10-8-21)23-14-24(15-23)31-16-26(28)29/h2-3,5-10,12-13,18,23-26,31,33-34H,14-17H2,1H3/t18-,23?,24?,25?/m0/s1. The van der Waals surface area contributed by atoms with Gasteiger partial charge in [-0.1, -0.05) is 48.2 Å². The van der Waals surface area contributed by atoms with E-state index in [1.807, 2.05) is 24.3 Å². The average Bonchev–Trinajstić information content (AvgIpc) is 3.29. The van der Waals surface area contributed by atoms with Crippen molar-refractivity contribution in [1.82, 2.24) is 14.9 Å². The smallest absolute Gasteiger partial charge is 0.250 e. The molecular formula is C27H29F2N3O2. The van der Waals surface area contributed by atoms with Crippen molar-refractivity contribution in [3.05, 3.63) is 77.9 Å². The lowest BCUT2D eigenvalue weighted by atomic mass is 9.75.